The van der Waals surface area contributed by atoms with Gasteiger partial charge >= 0.3 is 35.5 Å². The number of carbonyl (C=O) groups is 1. The second-order valence-electron chi connectivity index (χ2n) is 2.28. The summed E-state index contributed by atoms with van der Waals surface area (Å²) in [5.74, 6) is -0.762. The summed E-state index contributed by atoms with van der Waals surface area (Å²) in [7, 11) is 0. The topological polar surface area (TPSA) is 49.8 Å². The summed E-state index contributed by atoms with van der Waals surface area (Å²) < 4.78 is 5.05. The van der Waals surface area contributed by atoms with E-state index in [0.29, 0.717) is 13.2 Å². The van der Waals surface area contributed by atoms with Crippen LogP contribution < -0.4 is 0 Å². The van der Waals surface area contributed by atoms with E-state index in [4.69, 9.17) is 9.84 Å². The van der Waals surface area contributed by atoms with Gasteiger partial charge in [0.1, 0.15) is 0 Å². The number of hydrogen-bond donors (Lipinski definition) is 1. The van der Waals surface area contributed by atoms with Crippen LogP contribution in [0.25, 0.3) is 0 Å². The van der Waals surface area contributed by atoms with Gasteiger partial charge in [-0.1, -0.05) is 0 Å². The third-order valence-electron chi connectivity index (χ3n) is 1.46. The predicted molar refractivity (Wildman–Crippen MR) is 42.0 cm³/mol. The molecular weight excluding hydrogens is 157 g/mol. The number of hydrogen-bond acceptors (Lipinski definition) is 3. The van der Waals surface area contributed by atoms with Crippen LogP contribution in [-0.4, -0.2) is 78.4 Å². The standard InChI is InChI=1S/C6H11NO3.Na.H/c8-6(9)5-7-1-3-10-4-2-7;;/h1-5H2,(H,8,9);;. The molecule has 1 aliphatic rings. The molecule has 1 aliphatic heterocycles. The third kappa shape index (κ3) is 4.76. The molecule has 1 rings (SSSR count). The fourth-order valence-electron chi connectivity index (χ4n) is 0.951. The second-order valence-corrected chi connectivity index (χ2v) is 2.28. The van der Waals surface area contributed by atoms with Crippen LogP contribution in [0, 0.1) is 0 Å². The summed E-state index contributed by atoms with van der Waals surface area (Å²) in [4.78, 5) is 12.1. The number of carboxylic acids is 1. The zero-order valence-electron chi connectivity index (χ0n) is 5.75. The van der Waals surface area contributed by atoms with E-state index in [-0.39, 0.29) is 36.1 Å². The SMILES string of the molecule is O=C(O)CN1CCOCC1.[NaH]. The number of rotatable bonds is 2. The molecule has 11 heavy (non-hydrogen) atoms. The fourth-order valence-corrected chi connectivity index (χ4v) is 0.951. The van der Waals surface area contributed by atoms with Crippen LogP contribution in [0.2, 0.25) is 0 Å². The van der Waals surface area contributed by atoms with Gasteiger partial charge in [0, 0.05) is 13.1 Å². The molecule has 1 saturated heterocycles. The molecule has 0 aromatic rings. The quantitative estimate of drug-likeness (QED) is 0.525. The van der Waals surface area contributed by atoms with Crippen LogP contribution in [0.5, 0.6) is 0 Å². The first-order chi connectivity index (χ1) is 4.79. The average molecular weight is 169 g/mol. The molecule has 0 amide bonds. The van der Waals surface area contributed by atoms with Gasteiger partial charge in [-0.25, -0.2) is 0 Å². The number of aliphatic carboxylic acids is 1. The van der Waals surface area contributed by atoms with Crippen molar-refractivity contribution in [2.45, 2.75) is 0 Å². The van der Waals surface area contributed by atoms with E-state index in [1.165, 1.54) is 0 Å². The summed E-state index contributed by atoms with van der Waals surface area (Å²) in [6, 6.07) is 0. The Hall–Kier alpha value is 0.390. The van der Waals surface area contributed by atoms with E-state index < -0.39 is 5.97 Å². The molecule has 1 heterocycles. The molecular formula is C6H12NNaO3. The van der Waals surface area contributed by atoms with Gasteiger partial charge < -0.3 is 9.84 Å². The van der Waals surface area contributed by atoms with Crippen LogP contribution in [0.15, 0.2) is 0 Å². The average Bonchev–Trinajstić information content (AvgIpc) is 1.88. The Balaban J connectivity index is 0.000001000. The van der Waals surface area contributed by atoms with Crippen LogP contribution >= 0.6 is 0 Å². The molecule has 0 unspecified atom stereocenters. The fraction of sp³-hybridized carbons (Fsp3) is 0.833. The van der Waals surface area contributed by atoms with E-state index in [1.807, 2.05) is 4.90 Å². The Morgan fingerprint density at radius 1 is 1.45 bits per heavy atom. The first-order valence-electron chi connectivity index (χ1n) is 3.31. The Morgan fingerprint density at radius 2 is 2.00 bits per heavy atom. The first-order valence-corrected chi connectivity index (χ1v) is 3.31. The van der Waals surface area contributed by atoms with Crippen molar-refractivity contribution in [2.24, 2.45) is 0 Å². The summed E-state index contributed by atoms with van der Waals surface area (Å²) in [6.45, 7) is 2.95. The Kier molecular flexibility index (Phi) is 6.18. The van der Waals surface area contributed by atoms with Gasteiger partial charge in [0.05, 0.1) is 19.8 Å². The molecule has 0 bridgehead atoms. The van der Waals surface area contributed by atoms with Gasteiger partial charge in [0.15, 0.2) is 0 Å². The summed E-state index contributed by atoms with van der Waals surface area (Å²) in [6.07, 6.45) is 0. The zero-order chi connectivity index (χ0) is 7.40. The van der Waals surface area contributed by atoms with E-state index in [2.05, 4.69) is 0 Å². The molecule has 0 aromatic heterocycles. The maximum absolute atomic E-state index is 10.2. The van der Waals surface area contributed by atoms with E-state index >= 15 is 0 Å². The molecule has 0 atom stereocenters. The summed E-state index contributed by atoms with van der Waals surface area (Å²) in [5, 5.41) is 8.38. The molecule has 0 aliphatic carbocycles. The van der Waals surface area contributed by atoms with Crippen molar-refractivity contribution in [1.82, 2.24) is 4.90 Å². The normalized spacial score (nSPS) is 18.9. The van der Waals surface area contributed by atoms with Crippen molar-refractivity contribution in [3.8, 4) is 0 Å². The first kappa shape index (κ1) is 11.4. The van der Waals surface area contributed by atoms with Crippen LogP contribution in [0.1, 0.15) is 0 Å². The van der Waals surface area contributed by atoms with Gasteiger partial charge in [-0.05, 0) is 0 Å². The Bertz CT molecular complexity index is 125. The van der Waals surface area contributed by atoms with Crippen LogP contribution in [0.4, 0.5) is 0 Å². The number of nitrogens with zero attached hydrogens (tertiary/aromatic N) is 1. The summed E-state index contributed by atoms with van der Waals surface area (Å²) in [5.41, 5.74) is 0. The van der Waals surface area contributed by atoms with E-state index in [9.17, 15) is 4.79 Å². The number of morpholine rings is 1. The van der Waals surface area contributed by atoms with Crippen molar-refractivity contribution in [1.29, 1.82) is 0 Å². The number of ether oxygens (including phenoxy) is 1. The predicted octanol–water partition coefficient (Wildman–Crippen LogP) is -1.25. The maximum atomic E-state index is 10.2. The van der Waals surface area contributed by atoms with Crippen molar-refractivity contribution in [3.63, 3.8) is 0 Å². The molecule has 5 heteroatoms. The van der Waals surface area contributed by atoms with Gasteiger partial charge in [0.2, 0.25) is 0 Å². The number of carboxylic acid groups (broad SMARTS) is 1. The van der Waals surface area contributed by atoms with Gasteiger partial charge in [-0.15, -0.1) is 0 Å². The molecule has 0 spiro atoms. The zero-order valence-corrected chi connectivity index (χ0v) is 5.75. The van der Waals surface area contributed by atoms with Crippen molar-refractivity contribution < 1.29 is 14.6 Å². The van der Waals surface area contributed by atoms with Gasteiger partial charge in [-0.2, -0.15) is 0 Å². The monoisotopic (exact) mass is 169 g/mol. The van der Waals surface area contributed by atoms with Crippen molar-refractivity contribution in [2.75, 3.05) is 32.8 Å². The van der Waals surface area contributed by atoms with E-state index in [0.717, 1.165) is 13.1 Å². The minimum atomic E-state index is -0.762. The van der Waals surface area contributed by atoms with Crippen molar-refractivity contribution >= 4 is 35.5 Å². The van der Waals surface area contributed by atoms with Crippen LogP contribution in [0.3, 0.4) is 0 Å². The van der Waals surface area contributed by atoms with Crippen LogP contribution in [-0.2, 0) is 9.53 Å². The molecule has 60 valence electrons. The minimum absolute atomic E-state index is 0. The van der Waals surface area contributed by atoms with Crippen molar-refractivity contribution in [3.05, 3.63) is 0 Å². The molecule has 1 N–H and O–H groups in total. The second kappa shape index (κ2) is 5.97. The molecule has 0 radical (unpaired) electrons. The summed E-state index contributed by atoms with van der Waals surface area (Å²) >= 11 is 0. The van der Waals surface area contributed by atoms with Gasteiger partial charge in [-0.3, -0.25) is 9.69 Å². The molecule has 0 saturated carbocycles. The Labute approximate surface area is 87.8 Å². The molecule has 4 nitrogen and oxygen atoms in total. The molecule has 1 fully saturated rings. The molecule has 0 aromatic carbocycles. The van der Waals surface area contributed by atoms with E-state index in [1.54, 1.807) is 0 Å². The Morgan fingerprint density at radius 3 is 2.45 bits per heavy atom. The van der Waals surface area contributed by atoms with Gasteiger partial charge in [0.25, 0.3) is 0 Å². The third-order valence-corrected chi connectivity index (χ3v) is 1.46.